The largest absolute Gasteiger partial charge is 0.399 e. The van der Waals surface area contributed by atoms with Gasteiger partial charge in [0.25, 0.3) is 0 Å². The third kappa shape index (κ3) is 2.51. The number of rotatable bonds is 1. The number of aromatic amines is 1. The van der Waals surface area contributed by atoms with Gasteiger partial charge in [0.15, 0.2) is 9.84 Å². The summed E-state index contributed by atoms with van der Waals surface area (Å²) in [6, 6.07) is 5.50. The van der Waals surface area contributed by atoms with Crippen molar-refractivity contribution in [3.63, 3.8) is 0 Å². The maximum Gasteiger partial charge on any atom is 0.203 e. The van der Waals surface area contributed by atoms with Gasteiger partial charge in [-0.15, -0.1) is 0 Å². The molecule has 1 aromatic heterocycles. The molecule has 19 heavy (non-hydrogen) atoms. The summed E-state index contributed by atoms with van der Waals surface area (Å²) in [4.78, 5) is 9.67. The van der Waals surface area contributed by atoms with E-state index in [4.69, 9.17) is 5.73 Å². The Morgan fingerprint density at radius 2 is 2.11 bits per heavy atom. The van der Waals surface area contributed by atoms with Crippen molar-refractivity contribution in [1.82, 2.24) is 9.97 Å². The molecule has 2 aromatic rings. The first kappa shape index (κ1) is 12.3. The van der Waals surface area contributed by atoms with Crippen molar-refractivity contribution in [3.05, 3.63) is 18.2 Å². The Morgan fingerprint density at radius 3 is 2.95 bits per heavy atom. The van der Waals surface area contributed by atoms with Crippen LogP contribution in [0.25, 0.3) is 11.0 Å². The van der Waals surface area contributed by atoms with E-state index in [1.165, 1.54) is 0 Å². The molecule has 0 saturated carbocycles. The first-order chi connectivity index (χ1) is 9.03. The summed E-state index contributed by atoms with van der Waals surface area (Å²) >= 11 is 0. The topological polar surface area (TPSA) is 92.1 Å². The van der Waals surface area contributed by atoms with Crippen LogP contribution in [-0.2, 0) is 9.84 Å². The van der Waals surface area contributed by atoms with Gasteiger partial charge in [-0.2, -0.15) is 0 Å². The van der Waals surface area contributed by atoms with Crippen LogP contribution in [0.15, 0.2) is 18.2 Å². The molecule has 1 saturated heterocycles. The summed E-state index contributed by atoms with van der Waals surface area (Å²) in [6.07, 6.45) is 0.640. The number of nitrogens with zero attached hydrogens (tertiary/aromatic N) is 2. The van der Waals surface area contributed by atoms with E-state index < -0.39 is 9.84 Å². The van der Waals surface area contributed by atoms with Gasteiger partial charge in [-0.05, 0) is 24.6 Å². The lowest BCUT2D eigenvalue weighted by molar-refractivity contribution is 0.597. The molecule has 0 bridgehead atoms. The number of anilines is 2. The van der Waals surface area contributed by atoms with Gasteiger partial charge in [-0.3, -0.25) is 0 Å². The molecular formula is C12H16N4O2S. The first-order valence-electron chi connectivity index (χ1n) is 6.24. The molecule has 0 aliphatic carbocycles. The summed E-state index contributed by atoms with van der Waals surface area (Å²) in [5.74, 6) is 1.17. The van der Waals surface area contributed by atoms with Crippen molar-refractivity contribution in [2.75, 3.05) is 35.2 Å². The van der Waals surface area contributed by atoms with Crippen LogP contribution >= 0.6 is 0 Å². The van der Waals surface area contributed by atoms with Gasteiger partial charge in [0.2, 0.25) is 5.95 Å². The van der Waals surface area contributed by atoms with E-state index in [1.807, 2.05) is 17.0 Å². The Hall–Kier alpha value is -1.76. The number of nitrogen functional groups attached to an aromatic ring is 1. The second kappa shape index (κ2) is 4.41. The van der Waals surface area contributed by atoms with Crippen LogP contribution in [0.3, 0.4) is 0 Å². The number of nitrogens with two attached hydrogens (primary N) is 1. The van der Waals surface area contributed by atoms with Crippen LogP contribution in [-0.4, -0.2) is 43.0 Å². The summed E-state index contributed by atoms with van der Waals surface area (Å²) in [6.45, 7) is 1.19. The summed E-state index contributed by atoms with van der Waals surface area (Å²) in [7, 11) is -2.90. The fraction of sp³-hybridized carbons (Fsp3) is 0.417. The second-order valence-electron chi connectivity index (χ2n) is 4.83. The van der Waals surface area contributed by atoms with Gasteiger partial charge in [0.1, 0.15) is 0 Å². The third-order valence-electron chi connectivity index (χ3n) is 3.35. The molecule has 0 unspecified atom stereocenters. The molecule has 1 aromatic carbocycles. The zero-order valence-electron chi connectivity index (χ0n) is 10.5. The number of nitrogens with one attached hydrogen (secondary N) is 1. The molecule has 3 rings (SSSR count). The van der Waals surface area contributed by atoms with E-state index in [0.29, 0.717) is 25.2 Å². The van der Waals surface area contributed by atoms with Crippen molar-refractivity contribution < 1.29 is 8.42 Å². The lowest BCUT2D eigenvalue weighted by Gasteiger charge is -2.17. The van der Waals surface area contributed by atoms with E-state index in [0.717, 1.165) is 17.0 Å². The van der Waals surface area contributed by atoms with Crippen LogP contribution in [0.5, 0.6) is 0 Å². The monoisotopic (exact) mass is 280 g/mol. The maximum absolute atomic E-state index is 11.6. The molecular weight excluding hydrogens is 264 g/mol. The van der Waals surface area contributed by atoms with E-state index >= 15 is 0 Å². The Labute approximate surface area is 111 Å². The van der Waals surface area contributed by atoms with Gasteiger partial charge >= 0.3 is 0 Å². The number of hydrogen-bond donors (Lipinski definition) is 2. The zero-order chi connectivity index (χ0) is 13.5. The van der Waals surface area contributed by atoms with Crippen LogP contribution in [0.2, 0.25) is 0 Å². The molecule has 3 N–H and O–H groups in total. The Morgan fingerprint density at radius 1 is 1.26 bits per heavy atom. The average molecular weight is 280 g/mol. The van der Waals surface area contributed by atoms with Crippen molar-refractivity contribution in [1.29, 1.82) is 0 Å². The molecule has 0 atom stereocenters. The SMILES string of the molecule is Nc1ccc2nc(N3CCCS(=O)(=O)CC3)[nH]c2c1. The number of sulfone groups is 1. The Bertz CT molecular complexity index is 708. The van der Waals surface area contributed by atoms with Gasteiger partial charge in [-0.25, -0.2) is 13.4 Å². The smallest absolute Gasteiger partial charge is 0.203 e. The van der Waals surface area contributed by atoms with Crippen molar-refractivity contribution in [2.45, 2.75) is 6.42 Å². The highest BCUT2D eigenvalue weighted by atomic mass is 32.2. The number of H-pyrrole nitrogens is 1. The summed E-state index contributed by atoms with van der Waals surface area (Å²) in [5, 5.41) is 0. The summed E-state index contributed by atoms with van der Waals surface area (Å²) < 4.78 is 23.2. The highest BCUT2D eigenvalue weighted by Crippen LogP contribution is 2.20. The fourth-order valence-electron chi connectivity index (χ4n) is 2.31. The lowest BCUT2D eigenvalue weighted by Crippen LogP contribution is -2.27. The predicted octanol–water partition coefficient (Wildman–Crippen LogP) is 0.770. The number of benzene rings is 1. The number of imidazole rings is 1. The second-order valence-corrected chi connectivity index (χ2v) is 7.13. The van der Waals surface area contributed by atoms with Crippen molar-refractivity contribution in [2.24, 2.45) is 0 Å². The fourth-order valence-corrected chi connectivity index (χ4v) is 3.59. The van der Waals surface area contributed by atoms with E-state index in [9.17, 15) is 8.42 Å². The van der Waals surface area contributed by atoms with Crippen LogP contribution in [0, 0.1) is 0 Å². The van der Waals surface area contributed by atoms with Gasteiger partial charge < -0.3 is 15.6 Å². The standard InChI is InChI=1S/C12H16N4O2S/c13-9-2-3-10-11(8-9)15-12(14-10)16-4-1-6-19(17,18)7-5-16/h2-3,8H,1,4-7,13H2,(H,14,15). The predicted molar refractivity (Wildman–Crippen MR) is 76.0 cm³/mol. The van der Waals surface area contributed by atoms with Gasteiger partial charge in [-0.1, -0.05) is 0 Å². The molecule has 0 amide bonds. The number of fused-ring (bicyclic) bond motifs is 1. The molecule has 7 heteroatoms. The van der Waals surface area contributed by atoms with Crippen LogP contribution in [0.1, 0.15) is 6.42 Å². The minimum absolute atomic E-state index is 0.187. The highest BCUT2D eigenvalue weighted by Gasteiger charge is 2.21. The Balaban J connectivity index is 1.91. The minimum atomic E-state index is -2.90. The summed E-state index contributed by atoms with van der Waals surface area (Å²) in [5.41, 5.74) is 8.13. The molecule has 0 spiro atoms. The molecule has 2 heterocycles. The normalized spacial score (nSPS) is 19.5. The third-order valence-corrected chi connectivity index (χ3v) is 5.06. The van der Waals surface area contributed by atoms with E-state index in [-0.39, 0.29) is 11.5 Å². The highest BCUT2D eigenvalue weighted by molar-refractivity contribution is 7.91. The molecule has 102 valence electrons. The van der Waals surface area contributed by atoms with Crippen LogP contribution < -0.4 is 10.6 Å². The van der Waals surface area contributed by atoms with Gasteiger partial charge in [0, 0.05) is 18.8 Å². The number of hydrogen-bond acceptors (Lipinski definition) is 5. The first-order valence-corrected chi connectivity index (χ1v) is 8.06. The Kier molecular flexibility index (Phi) is 2.85. The zero-order valence-corrected chi connectivity index (χ0v) is 11.3. The van der Waals surface area contributed by atoms with Crippen molar-refractivity contribution in [3.8, 4) is 0 Å². The minimum Gasteiger partial charge on any atom is -0.399 e. The molecule has 1 aliphatic heterocycles. The van der Waals surface area contributed by atoms with Gasteiger partial charge in [0.05, 0.1) is 22.5 Å². The number of aromatic nitrogens is 2. The molecule has 1 aliphatic rings. The van der Waals surface area contributed by atoms with Crippen molar-refractivity contribution >= 4 is 32.5 Å². The molecule has 1 fully saturated rings. The molecule has 6 nitrogen and oxygen atoms in total. The lowest BCUT2D eigenvalue weighted by atomic mass is 10.3. The quantitative estimate of drug-likeness (QED) is 0.753. The molecule has 0 radical (unpaired) electrons. The maximum atomic E-state index is 11.6. The van der Waals surface area contributed by atoms with Crippen LogP contribution in [0.4, 0.5) is 11.6 Å². The van der Waals surface area contributed by atoms with E-state index in [2.05, 4.69) is 9.97 Å². The average Bonchev–Trinajstić information content (AvgIpc) is 2.67. The van der Waals surface area contributed by atoms with E-state index in [1.54, 1.807) is 6.07 Å².